The summed E-state index contributed by atoms with van der Waals surface area (Å²) in [5, 5.41) is 14.4. The first-order valence-corrected chi connectivity index (χ1v) is 9.64. The number of unbranched alkanes of at least 4 members (excludes halogenated alkanes) is 2. The van der Waals surface area contributed by atoms with Gasteiger partial charge < -0.3 is 26.2 Å². The number of carbonyl (C=O) groups excluding carboxylic acids is 2. The van der Waals surface area contributed by atoms with E-state index in [1.54, 1.807) is 0 Å². The molecule has 0 heterocycles. The summed E-state index contributed by atoms with van der Waals surface area (Å²) in [5.74, 6) is -1.32. The zero-order chi connectivity index (χ0) is 20.6. The molecule has 8 nitrogen and oxygen atoms in total. The van der Waals surface area contributed by atoms with Crippen molar-refractivity contribution < 1.29 is 24.2 Å². The summed E-state index contributed by atoms with van der Waals surface area (Å²) < 4.78 is 5.70. The highest BCUT2D eigenvalue weighted by Crippen LogP contribution is 2.09. The van der Waals surface area contributed by atoms with Crippen LogP contribution >= 0.6 is 0 Å². The van der Waals surface area contributed by atoms with E-state index in [0.717, 1.165) is 12.0 Å². The van der Waals surface area contributed by atoms with Gasteiger partial charge in [0.2, 0.25) is 12.3 Å². The Labute approximate surface area is 165 Å². The van der Waals surface area contributed by atoms with E-state index in [0.29, 0.717) is 51.7 Å². The van der Waals surface area contributed by atoms with Crippen molar-refractivity contribution in [3.8, 4) is 0 Å². The number of carboxylic acids is 1. The highest BCUT2D eigenvalue weighted by atomic mass is 16.5. The minimum atomic E-state index is -1.03. The normalized spacial score (nSPS) is 12.8. The molecule has 0 aliphatic rings. The lowest BCUT2D eigenvalue weighted by atomic mass is 10.1. The molecule has 8 heteroatoms. The summed E-state index contributed by atoms with van der Waals surface area (Å²) in [6.07, 6.45) is 3.97. The quantitative estimate of drug-likeness (QED) is 0.191. The van der Waals surface area contributed by atoms with Crippen LogP contribution in [0.2, 0.25) is 0 Å². The topological polar surface area (TPSA) is 131 Å². The van der Waals surface area contributed by atoms with E-state index in [4.69, 9.17) is 10.5 Å². The van der Waals surface area contributed by atoms with Crippen molar-refractivity contribution >= 4 is 18.3 Å². The third-order valence-corrected chi connectivity index (χ3v) is 4.25. The van der Waals surface area contributed by atoms with Crippen molar-refractivity contribution in [2.45, 2.75) is 63.8 Å². The Morgan fingerprint density at radius 2 is 1.82 bits per heavy atom. The molecule has 1 unspecified atom stereocenters. The van der Waals surface area contributed by atoms with Gasteiger partial charge in [0.25, 0.3) is 0 Å². The fraction of sp³-hybridized carbons (Fsp3) is 0.550. The first kappa shape index (κ1) is 23.6. The second-order valence-electron chi connectivity index (χ2n) is 6.56. The molecule has 0 aliphatic carbocycles. The molecule has 5 N–H and O–H groups in total. The van der Waals surface area contributed by atoms with E-state index in [2.05, 4.69) is 10.6 Å². The van der Waals surface area contributed by atoms with Gasteiger partial charge in [0.1, 0.15) is 12.3 Å². The van der Waals surface area contributed by atoms with Gasteiger partial charge in [-0.25, -0.2) is 4.79 Å². The number of nitrogens with two attached hydrogens (primary N) is 1. The third-order valence-electron chi connectivity index (χ3n) is 4.25. The van der Waals surface area contributed by atoms with Crippen molar-refractivity contribution in [3.05, 3.63) is 35.9 Å². The first-order chi connectivity index (χ1) is 13.6. The van der Waals surface area contributed by atoms with Crippen LogP contribution in [0.3, 0.4) is 0 Å². The molecule has 0 spiro atoms. The summed E-state index contributed by atoms with van der Waals surface area (Å²) in [6.45, 7) is 0.887. The lowest BCUT2D eigenvalue weighted by molar-refractivity contribution is -0.142. The van der Waals surface area contributed by atoms with Crippen LogP contribution in [0.15, 0.2) is 30.3 Å². The molecule has 0 aliphatic heterocycles. The molecule has 0 fully saturated rings. The summed E-state index contributed by atoms with van der Waals surface area (Å²) in [5.41, 5.74) is 6.41. The van der Waals surface area contributed by atoms with E-state index in [1.165, 1.54) is 0 Å². The maximum absolute atomic E-state index is 12.0. The van der Waals surface area contributed by atoms with Crippen molar-refractivity contribution in [3.63, 3.8) is 0 Å². The van der Waals surface area contributed by atoms with Crippen molar-refractivity contribution in [1.29, 1.82) is 0 Å². The molecule has 0 saturated heterocycles. The number of ether oxygens (including phenoxy) is 1. The highest BCUT2D eigenvalue weighted by molar-refractivity contribution is 5.83. The van der Waals surface area contributed by atoms with E-state index in [1.807, 2.05) is 30.3 Å². The highest BCUT2D eigenvalue weighted by Gasteiger charge is 2.19. The van der Waals surface area contributed by atoms with E-state index in [-0.39, 0.29) is 12.3 Å². The molecule has 0 bridgehead atoms. The summed E-state index contributed by atoms with van der Waals surface area (Å²) >= 11 is 0. The minimum absolute atomic E-state index is 0.229. The zero-order valence-corrected chi connectivity index (χ0v) is 16.1. The smallest absolute Gasteiger partial charge is 0.326 e. The van der Waals surface area contributed by atoms with Crippen molar-refractivity contribution in [1.82, 2.24) is 10.6 Å². The van der Waals surface area contributed by atoms with Gasteiger partial charge in [0, 0.05) is 6.42 Å². The molecule has 1 aromatic rings. The standard InChI is InChI=1S/C20H31N3O5/c21-13-7-6-10-17(20(26)27)23-18(25)11-4-5-12-19(22-15-24)28-14-16-8-2-1-3-9-16/h1-3,8-9,15,17,19H,4-7,10-14,21H2,(H,22,24)(H,23,25)(H,26,27)/t17-,19?/m0/s1. The van der Waals surface area contributed by atoms with E-state index >= 15 is 0 Å². The number of amides is 2. The number of aliphatic carboxylic acids is 1. The van der Waals surface area contributed by atoms with E-state index in [9.17, 15) is 19.5 Å². The third kappa shape index (κ3) is 10.6. The van der Waals surface area contributed by atoms with Crippen molar-refractivity contribution in [2.24, 2.45) is 5.73 Å². The maximum Gasteiger partial charge on any atom is 0.326 e. The Morgan fingerprint density at radius 1 is 1.11 bits per heavy atom. The van der Waals surface area contributed by atoms with Crippen LogP contribution in [-0.4, -0.2) is 42.2 Å². The average molecular weight is 393 g/mol. The fourth-order valence-electron chi connectivity index (χ4n) is 2.69. The van der Waals surface area contributed by atoms with Gasteiger partial charge in [-0.1, -0.05) is 30.3 Å². The number of hydrogen-bond acceptors (Lipinski definition) is 5. The number of hydrogen-bond donors (Lipinski definition) is 4. The Hall–Kier alpha value is -2.45. The fourth-order valence-corrected chi connectivity index (χ4v) is 2.69. The molecule has 2 amide bonds. The van der Waals surface area contributed by atoms with Gasteiger partial charge in [-0.3, -0.25) is 9.59 Å². The van der Waals surface area contributed by atoms with Gasteiger partial charge in [0.15, 0.2) is 0 Å². The molecule has 2 atom stereocenters. The Morgan fingerprint density at radius 3 is 2.46 bits per heavy atom. The molecule has 156 valence electrons. The lowest BCUT2D eigenvalue weighted by Crippen LogP contribution is -2.40. The number of rotatable bonds is 16. The molecule has 0 aromatic heterocycles. The van der Waals surface area contributed by atoms with Gasteiger partial charge in [-0.2, -0.15) is 0 Å². The second-order valence-corrected chi connectivity index (χ2v) is 6.56. The van der Waals surface area contributed by atoms with Gasteiger partial charge in [-0.05, 0) is 50.6 Å². The first-order valence-electron chi connectivity index (χ1n) is 9.64. The Kier molecular flexibility index (Phi) is 12.3. The minimum Gasteiger partial charge on any atom is -0.480 e. The molecular formula is C20H31N3O5. The lowest BCUT2D eigenvalue weighted by Gasteiger charge is -2.17. The Balaban J connectivity index is 2.28. The predicted octanol–water partition coefficient (Wildman–Crippen LogP) is 1.53. The number of nitrogens with one attached hydrogen (secondary N) is 2. The van der Waals surface area contributed by atoms with Crippen LogP contribution in [0.1, 0.15) is 50.5 Å². The number of benzene rings is 1. The molecule has 1 aromatic carbocycles. The molecule has 1 rings (SSSR count). The van der Waals surface area contributed by atoms with Crippen molar-refractivity contribution in [2.75, 3.05) is 6.54 Å². The second kappa shape index (κ2) is 14.6. The largest absolute Gasteiger partial charge is 0.480 e. The average Bonchev–Trinajstić information content (AvgIpc) is 2.69. The van der Waals surface area contributed by atoms with Crippen LogP contribution in [0.25, 0.3) is 0 Å². The van der Waals surface area contributed by atoms with Gasteiger partial charge in [-0.15, -0.1) is 0 Å². The van der Waals surface area contributed by atoms with Gasteiger partial charge >= 0.3 is 5.97 Å². The summed E-state index contributed by atoms with van der Waals surface area (Å²) in [6, 6.07) is 8.75. The van der Waals surface area contributed by atoms with Crippen LogP contribution in [0, 0.1) is 0 Å². The number of carboxylic acid groups (broad SMARTS) is 1. The summed E-state index contributed by atoms with van der Waals surface area (Å²) in [4.78, 5) is 33.9. The van der Waals surface area contributed by atoms with E-state index < -0.39 is 18.2 Å². The predicted molar refractivity (Wildman–Crippen MR) is 105 cm³/mol. The van der Waals surface area contributed by atoms with Gasteiger partial charge in [0.05, 0.1) is 6.61 Å². The zero-order valence-electron chi connectivity index (χ0n) is 16.1. The molecule has 0 radical (unpaired) electrons. The Bertz CT molecular complexity index is 582. The SMILES string of the molecule is NCCCC[C@H](NC(=O)CCCCC(NC=O)OCc1ccccc1)C(=O)O. The molecule has 0 saturated carbocycles. The van der Waals surface area contributed by atoms with Crippen LogP contribution in [0.4, 0.5) is 0 Å². The number of carbonyl (C=O) groups is 3. The van der Waals surface area contributed by atoms with Crippen LogP contribution in [0.5, 0.6) is 0 Å². The molecule has 28 heavy (non-hydrogen) atoms. The monoisotopic (exact) mass is 393 g/mol. The molecular weight excluding hydrogens is 362 g/mol. The maximum atomic E-state index is 12.0. The van der Waals surface area contributed by atoms with Crippen LogP contribution in [-0.2, 0) is 25.7 Å². The van der Waals surface area contributed by atoms with Crippen LogP contribution < -0.4 is 16.4 Å². The summed E-state index contributed by atoms with van der Waals surface area (Å²) in [7, 11) is 0.